The van der Waals surface area contributed by atoms with Crippen molar-refractivity contribution in [2.45, 2.75) is 25.9 Å². The third-order valence-electron chi connectivity index (χ3n) is 1.24. The molecular weight excluding hydrogens is 164 g/mol. The van der Waals surface area contributed by atoms with Crippen LogP contribution in [0, 0.1) is 0 Å². The Bertz CT molecular complexity index is 121. The van der Waals surface area contributed by atoms with Crippen molar-refractivity contribution in [3.63, 3.8) is 0 Å². The normalized spacial score (nSPS) is 12.6. The first-order valence-electron chi connectivity index (χ1n) is 3.81. The van der Waals surface area contributed by atoms with Gasteiger partial charge in [-0.25, -0.2) is 4.89 Å². The van der Waals surface area contributed by atoms with Crippen molar-refractivity contribution in [1.82, 2.24) is 0 Å². The van der Waals surface area contributed by atoms with Crippen LogP contribution >= 0.6 is 0 Å². The second kappa shape index (κ2) is 7.02. The Labute approximate surface area is 70.8 Å². The molecule has 0 saturated heterocycles. The highest BCUT2D eigenvalue weighted by atomic mass is 17.1. The predicted molar refractivity (Wildman–Crippen MR) is 40.5 cm³/mol. The van der Waals surface area contributed by atoms with Gasteiger partial charge >= 0.3 is 5.97 Å². The Morgan fingerprint density at radius 2 is 2.25 bits per heavy atom. The van der Waals surface area contributed by atoms with Crippen molar-refractivity contribution < 1.29 is 24.8 Å². The van der Waals surface area contributed by atoms with Crippen LogP contribution in [-0.2, 0) is 14.4 Å². The minimum Gasteiger partial charge on any atom is -0.463 e. The van der Waals surface area contributed by atoms with E-state index in [0.29, 0.717) is 12.8 Å². The van der Waals surface area contributed by atoms with E-state index in [1.54, 1.807) is 0 Å². The third-order valence-corrected chi connectivity index (χ3v) is 1.24. The molecule has 5 heteroatoms. The van der Waals surface area contributed by atoms with Gasteiger partial charge in [0.15, 0.2) is 0 Å². The Hall–Kier alpha value is -0.650. The fraction of sp³-hybridized carbons (Fsp3) is 0.857. The van der Waals surface area contributed by atoms with Crippen LogP contribution in [0.1, 0.15) is 19.8 Å². The molecule has 0 aliphatic rings. The zero-order valence-electron chi connectivity index (χ0n) is 7.02. The van der Waals surface area contributed by atoms with Crippen LogP contribution in [0.3, 0.4) is 0 Å². The average molecular weight is 178 g/mol. The maximum atomic E-state index is 10.7. The fourth-order valence-electron chi connectivity index (χ4n) is 0.579. The zero-order valence-corrected chi connectivity index (χ0v) is 7.02. The Balaban J connectivity index is 3.44. The van der Waals surface area contributed by atoms with Crippen LogP contribution in [0.4, 0.5) is 0 Å². The van der Waals surface area contributed by atoms with Crippen molar-refractivity contribution in [2.24, 2.45) is 0 Å². The van der Waals surface area contributed by atoms with Crippen LogP contribution in [0.5, 0.6) is 0 Å². The Morgan fingerprint density at radius 3 is 2.67 bits per heavy atom. The van der Waals surface area contributed by atoms with Gasteiger partial charge in [0.05, 0.1) is 6.61 Å². The van der Waals surface area contributed by atoms with Gasteiger partial charge in [-0.15, -0.1) is 0 Å². The number of aliphatic hydroxyl groups excluding tert-OH is 1. The molecule has 0 aromatic carbocycles. The molecule has 1 unspecified atom stereocenters. The van der Waals surface area contributed by atoms with Crippen LogP contribution in [0.25, 0.3) is 0 Å². The molecule has 2 N–H and O–H groups in total. The number of carbonyl (C=O) groups excluding carboxylic acids is 1. The molecular formula is C7H14O5. The minimum absolute atomic E-state index is 0.119. The maximum Gasteiger partial charge on any atom is 0.305 e. The largest absolute Gasteiger partial charge is 0.463 e. The van der Waals surface area contributed by atoms with Crippen molar-refractivity contribution >= 4 is 5.97 Å². The summed E-state index contributed by atoms with van der Waals surface area (Å²) in [6, 6.07) is 0. The highest BCUT2D eigenvalue weighted by Gasteiger charge is 2.10. The molecule has 0 amide bonds. The Morgan fingerprint density at radius 1 is 1.58 bits per heavy atom. The molecule has 0 aromatic heterocycles. The minimum atomic E-state index is -0.842. The van der Waals surface area contributed by atoms with Crippen molar-refractivity contribution in [1.29, 1.82) is 0 Å². The number of ether oxygens (including phenoxy) is 1. The lowest BCUT2D eigenvalue weighted by Gasteiger charge is -2.09. The van der Waals surface area contributed by atoms with E-state index >= 15 is 0 Å². The van der Waals surface area contributed by atoms with Crippen molar-refractivity contribution in [2.75, 3.05) is 13.2 Å². The standard InChI is InChI=1S/C7H14O5/c1-2-3-7(9)11-5-6(4-8)12-10/h6,8,10H,2-5H2,1H3. The first-order valence-corrected chi connectivity index (χ1v) is 3.81. The van der Waals surface area contributed by atoms with Gasteiger partial charge in [0.2, 0.25) is 0 Å². The average Bonchev–Trinajstić information content (AvgIpc) is 2.07. The molecule has 0 aliphatic carbocycles. The summed E-state index contributed by atoms with van der Waals surface area (Å²) < 4.78 is 4.64. The van der Waals surface area contributed by atoms with Crippen LogP contribution < -0.4 is 0 Å². The monoisotopic (exact) mass is 178 g/mol. The summed E-state index contributed by atoms with van der Waals surface area (Å²) in [7, 11) is 0. The molecule has 0 rings (SSSR count). The van der Waals surface area contributed by atoms with Gasteiger partial charge in [-0.3, -0.25) is 10.1 Å². The lowest BCUT2D eigenvalue weighted by atomic mass is 10.3. The number of aliphatic hydroxyl groups is 1. The van der Waals surface area contributed by atoms with Crippen molar-refractivity contribution in [3.8, 4) is 0 Å². The van der Waals surface area contributed by atoms with E-state index in [1.165, 1.54) is 0 Å². The lowest BCUT2D eigenvalue weighted by Crippen LogP contribution is -2.24. The summed E-state index contributed by atoms with van der Waals surface area (Å²) in [6.45, 7) is 1.36. The molecule has 72 valence electrons. The first kappa shape index (κ1) is 11.4. The summed E-state index contributed by atoms with van der Waals surface area (Å²) in [5.74, 6) is -0.354. The van der Waals surface area contributed by atoms with Crippen LogP contribution in [-0.4, -0.2) is 35.7 Å². The number of hydrogen-bond donors (Lipinski definition) is 2. The highest BCUT2D eigenvalue weighted by molar-refractivity contribution is 5.69. The van der Waals surface area contributed by atoms with Gasteiger partial charge in [0, 0.05) is 6.42 Å². The smallest absolute Gasteiger partial charge is 0.305 e. The second-order valence-corrected chi connectivity index (χ2v) is 2.34. The lowest BCUT2D eigenvalue weighted by molar-refractivity contribution is -0.291. The van der Waals surface area contributed by atoms with Gasteiger partial charge in [-0.1, -0.05) is 6.92 Å². The summed E-state index contributed by atoms with van der Waals surface area (Å²) in [4.78, 5) is 14.5. The Kier molecular flexibility index (Phi) is 6.64. The van der Waals surface area contributed by atoms with E-state index < -0.39 is 6.10 Å². The van der Waals surface area contributed by atoms with E-state index in [2.05, 4.69) is 9.62 Å². The molecule has 0 aromatic rings. The van der Waals surface area contributed by atoms with E-state index in [-0.39, 0.29) is 19.2 Å². The zero-order chi connectivity index (χ0) is 9.40. The quantitative estimate of drug-likeness (QED) is 0.344. The van der Waals surface area contributed by atoms with Crippen LogP contribution in [0.15, 0.2) is 0 Å². The summed E-state index contributed by atoms with van der Waals surface area (Å²) >= 11 is 0. The molecule has 0 fully saturated rings. The predicted octanol–water partition coefficient (Wildman–Crippen LogP) is 0.180. The summed E-state index contributed by atoms with van der Waals surface area (Å²) in [5, 5.41) is 16.6. The topological polar surface area (TPSA) is 76.0 Å². The second-order valence-electron chi connectivity index (χ2n) is 2.34. The molecule has 0 saturated carbocycles. The van der Waals surface area contributed by atoms with Crippen molar-refractivity contribution in [3.05, 3.63) is 0 Å². The number of hydrogen-bond acceptors (Lipinski definition) is 5. The van der Waals surface area contributed by atoms with Gasteiger partial charge in [-0.2, -0.15) is 0 Å². The van der Waals surface area contributed by atoms with Gasteiger partial charge < -0.3 is 9.84 Å². The molecule has 1 atom stereocenters. The third kappa shape index (κ3) is 5.06. The van der Waals surface area contributed by atoms with E-state index in [4.69, 9.17) is 10.4 Å². The van der Waals surface area contributed by atoms with Gasteiger partial charge in [0.1, 0.15) is 12.7 Å². The molecule has 0 heterocycles. The first-order chi connectivity index (χ1) is 5.74. The van der Waals surface area contributed by atoms with E-state index in [1.807, 2.05) is 6.92 Å². The summed E-state index contributed by atoms with van der Waals surface area (Å²) in [6.07, 6.45) is 0.206. The highest BCUT2D eigenvalue weighted by Crippen LogP contribution is 1.94. The number of rotatable bonds is 6. The fourth-order valence-corrected chi connectivity index (χ4v) is 0.579. The van der Waals surface area contributed by atoms with Crippen LogP contribution in [0.2, 0.25) is 0 Å². The molecule has 0 spiro atoms. The molecule has 5 nitrogen and oxygen atoms in total. The number of esters is 1. The summed E-state index contributed by atoms with van der Waals surface area (Å²) in [5.41, 5.74) is 0. The molecule has 0 bridgehead atoms. The van der Waals surface area contributed by atoms with Gasteiger partial charge in [-0.05, 0) is 6.42 Å². The van der Waals surface area contributed by atoms with E-state index in [0.717, 1.165) is 0 Å². The molecule has 0 radical (unpaired) electrons. The molecule has 12 heavy (non-hydrogen) atoms. The SMILES string of the molecule is CCCC(=O)OCC(CO)OO. The van der Waals surface area contributed by atoms with Gasteiger partial charge in [0.25, 0.3) is 0 Å². The molecule has 0 aliphatic heterocycles. The number of carbonyl (C=O) groups is 1. The maximum absolute atomic E-state index is 10.7. The van der Waals surface area contributed by atoms with E-state index in [9.17, 15) is 4.79 Å².